The van der Waals surface area contributed by atoms with Gasteiger partial charge in [0.1, 0.15) is 0 Å². The lowest BCUT2D eigenvalue weighted by molar-refractivity contribution is -0.136. The standard InChI is InChI=1S/C21H25N3O4S/c1-15-8-6-9-16(2)19(15)23-21(26)20(25)22-14-17-10-7-13-24(17)29(27,28)18-11-4-3-5-12-18/h3-6,8-9,11-12,17H,7,10,13-14H2,1-2H3,(H,22,25)(H,23,26)/t17-/m0/s1. The van der Waals surface area contributed by atoms with Gasteiger partial charge in [0.2, 0.25) is 10.0 Å². The molecule has 2 aromatic rings. The van der Waals surface area contributed by atoms with E-state index in [1.807, 2.05) is 32.0 Å². The molecule has 2 aromatic carbocycles. The van der Waals surface area contributed by atoms with Crippen LogP contribution in [0.25, 0.3) is 0 Å². The minimum Gasteiger partial charge on any atom is -0.346 e. The van der Waals surface area contributed by atoms with Crippen molar-refractivity contribution in [1.29, 1.82) is 0 Å². The van der Waals surface area contributed by atoms with Crippen LogP contribution in [0.3, 0.4) is 0 Å². The molecule has 0 aromatic heterocycles. The van der Waals surface area contributed by atoms with E-state index in [0.29, 0.717) is 25.1 Å². The van der Waals surface area contributed by atoms with Crippen molar-refractivity contribution in [2.75, 3.05) is 18.4 Å². The fourth-order valence-electron chi connectivity index (χ4n) is 3.53. The SMILES string of the molecule is Cc1cccc(C)c1NC(=O)C(=O)NC[C@@H]1CCCN1S(=O)(=O)c1ccccc1. The molecule has 8 heteroatoms. The maximum absolute atomic E-state index is 12.9. The summed E-state index contributed by atoms with van der Waals surface area (Å²) in [5, 5.41) is 5.22. The van der Waals surface area contributed by atoms with Gasteiger partial charge in [-0.15, -0.1) is 0 Å². The molecule has 0 spiro atoms. The number of hydrogen-bond acceptors (Lipinski definition) is 4. The Morgan fingerprint density at radius 3 is 2.31 bits per heavy atom. The number of rotatable bonds is 5. The summed E-state index contributed by atoms with van der Waals surface area (Å²) in [5.74, 6) is -1.55. The average molecular weight is 416 g/mol. The van der Waals surface area contributed by atoms with E-state index in [4.69, 9.17) is 0 Å². The molecule has 0 bridgehead atoms. The molecule has 0 radical (unpaired) electrons. The zero-order valence-electron chi connectivity index (χ0n) is 16.5. The molecular weight excluding hydrogens is 390 g/mol. The Hall–Kier alpha value is -2.71. The zero-order chi connectivity index (χ0) is 21.0. The van der Waals surface area contributed by atoms with Gasteiger partial charge in [-0.2, -0.15) is 4.31 Å². The van der Waals surface area contributed by atoms with Crippen LogP contribution in [-0.2, 0) is 19.6 Å². The molecule has 1 saturated heterocycles. The molecule has 2 amide bonds. The second-order valence-corrected chi connectivity index (χ2v) is 9.05. The van der Waals surface area contributed by atoms with Gasteiger partial charge in [-0.3, -0.25) is 9.59 Å². The Labute approximate surface area is 171 Å². The fourth-order valence-corrected chi connectivity index (χ4v) is 5.24. The smallest absolute Gasteiger partial charge is 0.313 e. The van der Waals surface area contributed by atoms with E-state index in [1.54, 1.807) is 30.3 Å². The Morgan fingerprint density at radius 1 is 1.00 bits per heavy atom. The number of sulfonamides is 1. The van der Waals surface area contributed by atoms with E-state index < -0.39 is 21.8 Å². The molecule has 3 rings (SSSR count). The monoisotopic (exact) mass is 415 g/mol. The summed E-state index contributed by atoms with van der Waals surface area (Å²) >= 11 is 0. The van der Waals surface area contributed by atoms with Crippen LogP contribution in [-0.4, -0.2) is 43.7 Å². The van der Waals surface area contributed by atoms with Crippen molar-refractivity contribution in [3.8, 4) is 0 Å². The molecule has 0 aliphatic carbocycles. The van der Waals surface area contributed by atoms with Crippen LogP contribution in [0.5, 0.6) is 0 Å². The van der Waals surface area contributed by atoms with Crippen molar-refractivity contribution in [2.45, 2.75) is 37.6 Å². The number of nitrogens with one attached hydrogen (secondary N) is 2. The molecular formula is C21H25N3O4S. The first-order valence-corrected chi connectivity index (χ1v) is 11.0. The van der Waals surface area contributed by atoms with Crippen molar-refractivity contribution in [3.63, 3.8) is 0 Å². The quantitative estimate of drug-likeness (QED) is 0.732. The lowest BCUT2D eigenvalue weighted by Crippen LogP contribution is -2.45. The van der Waals surface area contributed by atoms with Crippen molar-refractivity contribution in [3.05, 3.63) is 59.7 Å². The van der Waals surface area contributed by atoms with Gasteiger partial charge < -0.3 is 10.6 Å². The number of amides is 2. The molecule has 154 valence electrons. The number of para-hydroxylation sites is 1. The van der Waals surface area contributed by atoms with Gasteiger partial charge in [0.05, 0.1) is 4.90 Å². The molecule has 1 aliphatic rings. The minimum absolute atomic E-state index is 0.0884. The van der Waals surface area contributed by atoms with E-state index in [0.717, 1.165) is 11.1 Å². The lowest BCUT2D eigenvalue weighted by atomic mass is 10.1. The van der Waals surface area contributed by atoms with Crippen molar-refractivity contribution >= 4 is 27.5 Å². The maximum Gasteiger partial charge on any atom is 0.313 e. The molecule has 29 heavy (non-hydrogen) atoms. The minimum atomic E-state index is -3.63. The van der Waals surface area contributed by atoms with E-state index in [1.165, 1.54) is 4.31 Å². The molecule has 7 nitrogen and oxygen atoms in total. The highest BCUT2D eigenvalue weighted by molar-refractivity contribution is 7.89. The van der Waals surface area contributed by atoms with Crippen LogP contribution in [0.2, 0.25) is 0 Å². The summed E-state index contributed by atoms with van der Waals surface area (Å²) in [4.78, 5) is 24.8. The second kappa shape index (κ2) is 8.75. The van der Waals surface area contributed by atoms with Gasteiger partial charge in [0.25, 0.3) is 0 Å². The van der Waals surface area contributed by atoms with Crippen molar-refractivity contribution in [2.24, 2.45) is 0 Å². The van der Waals surface area contributed by atoms with E-state index in [9.17, 15) is 18.0 Å². The summed E-state index contributed by atoms with van der Waals surface area (Å²) in [5.41, 5.74) is 2.34. The first-order chi connectivity index (χ1) is 13.8. The largest absolute Gasteiger partial charge is 0.346 e. The maximum atomic E-state index is 12.9. The highest BCUT2D eigenvalue weighted by Crippen LogP contribution is 2.25. The first-order valence-electron chi connectivity index (χ1n) is 9.53. The van der Waals surface area contributed by atoms with Crippen LogP contribution >= 0.6 is 0 Å². The van der Waals surface area contributed by atoms with Crippen LogP contribution in [0, 0.1) is 13.8 Å². The van der Waals surface area contributed by atoms with Gasteiger partial charge in [-0.25, -0.2) is 8.42 Å². The summed E-state index contributed by atoms with van der Waals surface area (Å²) in [6.45, 7) is 4.19. The molecule has 0 saturated carbocycles. The fraction of sp³-hybridized carbons (Fsp3) is 0.333. The number of benzene rings is 2. The zero-order valence-corrected chi connectivity index (χ0v) is 17.3. The first kappa shape index (κ1) is 21.0. The van der Waals surface area contributed by atoms with Gasteiger partial charge in [-0.1, -0.05) is 36.4 Å². The highest BCUT2D eigenvalue weighted by Gasteiger charge is 2.35. The lowest BCUT2D eigenvalue weighted by Gasteiger charge is -2.24. The Morgan fingerprint density at radius 2 is 1.66 bits per heavy atom. The normalized spacial score (nSPS) is 17.1. The third kappa shape index (κ3) is 4.65. The molecule has 1 aliphatic heterocycles. The summed E-state index contributed by atoms with van der Waals surface area (Å²) in [6, 6.07) is 13.4. The molecule has 2 N–H and O–H groups in total. The van der Waals surface area contributed by atoms with Crippen LogP contribution in [0.4, 0.5) is 5.69 Å². The van der Waals surface area contributed by atoms with Gasteiger partial charge in [0, 0.05) is 24.8 Å². The number of anilines is 1. The van der Waals surface area contributed by atoms with Crippen molar-refractivity contribution in [1.82, 2.24) is 9.62 Å². The molecule has 1 fully saturated rings. The van der Waals surface area contributed by atoms with Crippen LogP contribution in [0.1, 0.15) is 24.0 Å². The Kier molecular flexibility index (Phi) is 6.34. The molecule has 1 atom stereocenters. The van der Waals surface area contributed by atoms with Crippen LogP contribution < -0.4 is 10.6 Å². The predicted molar refractivity (Wildman–Crippen MR) is 111 cm³/mol. The number of nitrogens with zero attached hydrogens (tertiary/aromatic N) is 1. The molecule has 0 unspecified atom stereocenters. The van der Waals surface area contributed by atoms with Gasteiger partial charge in [0.15, 0.2) is 0 Å². The summed E-state index contributed by atoms with van der Waals surface area (Å²) in [7, 11) is -3.63. The van der Waals surface area contributed by atoms with E-state index in [-0.39, 0.29) is 17.5 Å². The van der Waals surface area contributed by atoms with Gasteiger partial charge in [-0.05, 0) is 49.9 Å². The third-order valence-corrected chi connectivity index (χ3v) is 7.06. The number of carbonyl (C=O) groups excluding carboxylic acids is 2. The van der Waals surface area contributed by atoms with E-state index >= 15 is 0 Å². The van der Waals surface area contributed by atoms with Crippen molar-refractivity contribution < 1.29 is 18.0 Å². The highest BCUT2D eigenvalue weighted by atomic mass is 32.2. The Bertz CT molecular complexity index is 986. The van der Waals surface area contributed by atoms with Crippen LogP contribution in [0.15, 0.2) is 53.4 Å². The predicted octanol–water partition coefficient (Wildman–Crippen LogP) is 2.21. The second-order valence-electron chi connectivity index (χ2n) is 7.16. The molecule has 1 heterocycles. The number of carbonyl (C=O) groups is 2. The number of aryl methyl sites for hydroxylation is 2. The topological polar surface area (TPSA) is 95.6 Å². The summed E-state index contributed by atoms with van der Waals surface area (Å²) in [6.07, 6.45) is 1.34. The Balaban J connectivity index is 1.63. The van der Waals surface area contributed by atoms with Gasteiger partial charge >= 0.3 is 11.8 Å². The van der Waals surface area contributed by atoms with E-state index in [2.05, 4.69) is 10.6 Å². The summed E-state index contributed by atoms with van der Waals surface area (Å²) < 4.78 is 27.2. The third-order valence-electron chi connectivity index (χ3n) is 5.10. The average Bonchev–Trinajstić information content (AvgIpc) is 3.19. The number of hydrogen-bond donors (Lipinski definition) is 2.